The highest BCUT2D eigenvalue weighted by atomic mass is 19.4. The van der Waals surface area contributed by atoms with Crippen molar-refractivity contribution >= 4 is 17.5 Å². The van der Waals surface area contributed by atoms with Crippen LogP contribution in [0.3, 0.4) is 0 Å². The lowest BCUT2D eigenvalue weighted by atomic mass is 10.0. The van der Waals surface area contributed by atoms with Crippen molar-refractivity contribution in [3.63, 3.8) is 0 Å². The minimum absolute atomic E-state index is 0.0961. The van der Waals surface area contributed by atoms with E-state index in [1.54, 1.807) is 0 Å². The van der Waals surface area contributed by atoms with Crippen molar-refractivity contribution in [2.75, 3.05) is 5.32 Å². The summed E-state index contributed by atoms with van der Waals surface area (Å²) in [6.45, 7) is 4.27. The first kappa shape index (κ1) is 19.5. The number of carbonyl (C=O) groups is 2. The highest BCUT2D eigenvalue weighted by Crippen LogP contribution is 2.30. The van der Waals surface area contributed by atoms with Gasteiger partial charge in [0.25, 0.3) is 0 Å². The Bertz CT molecular complexity index is 784. The van der Waals surface area contributed by atoms with Crippen LogP contribution in [0.1, 0.15) is 36.5 Å². The lowest BCUT2D eigenvalue weighted by molar-refractivity contribution is -0.137. The Kier molecular flexibility index (Phi) is 6.02. The molecule has 2 rings (SSSR count). The van der Waals surface area contributed by atoms with Gasteiger partial charge >= 0.3 is 18.0 Å². The number of nitrogens with one attached hydrogen (secondary N) is 2. The third kappa shape index (κ3) is 5.34. The number of hydrogen-bond acceptors (Lipinski definition) is 2. The van der Waals surface area contributed by atoms with Gasteiger partial charge in [-0.1, -0.05) is 44.2 Å². The first-order chi connectivity index (χ1) is 12.2. The van der Waals surface area contributed by atoms with Gasteiger partial charge in [0.05, 0.1) is 5.56 Å². The average molecular weight is 364 g/mol. The Morgan fingerprint density at radius 2 is 1.65 bits per heavy atom. The van der Waals surface area contributed by atoms with E-state index in [0.717, 1.165) is 29.3 Å². The number of hydrogen-bond donors (Lipinski definition) is 2. The van der Waals surface area contributed by atoms with Gasteiger partial charge in [-0.3, -0.25) is 9.59 Å². The standard InChI is InChI=1S/C19H19F3N2O2/c1-12(2)14-8-6-13(7-9-14)11-23-17(25)18(26)24-16-5-3-4-15(10-16)19(20,21)22/h3-10,12H,11H2,1-2H3,(H,23,25)(H,24,26). The fourth-order valence-corrected chi connectivity index (χ4v) is 2.24. The van der Waals surface area contributed by atoms with Crippen molar-refractivity contribution in [3.8, 4) is 0 Å². The summed E-state index contributed by atoms with van der Waals surface area (Å²) >= 11 is 0. The molecule has 0 spiro atoms. The Hall–Kier alpha value is -2.83. The SMILES string of the molecule is CC(C)c1ccc(CNC(=O)C(=O)Nc2cccc(C(F)(F)F)c2)cc1. The summed E-state index contributed by atoms with van der Waals surface area (Å²) in [6, 6.07) is 11.7. The molecule has 2 N–H and O–H groups in total. The molecule has 7 heteroatoms. The first-order valence-electron chi connectivity index (χ1n) is 8.02. The van der Waals surface area contributed by atoms with E-state index in [0.29, 0.717) is 5.92 Å². The van der Waals surface area contributed by atoms with Crippen LogP contribution < -0.4 is 10.6 Å². The van der Waals surface area contributed by atoms with Crippen LogP contribution in [0.4, 0.5) is 18.9 Å². The fraction of sp³-hybridized carbons (Fsp3) is 0.263. The van der Waals surface area contributed by atoms with Crippen LogP contribution in [0.25, 0.3) is 0 Å². The second-order valence-electron chi connectivity index (χ2n) is 6.11. The number of alkyl halides is 3. The molecule has 0 aromatic heterocycles. The second kappa shape index (κ2) is 8.03. The molecule has 0 radical (unpaired) electrons. The first-order valence-corrected chi connectivity index (χ1v) is 8.02. The van der Waals surface area contributed by atoms with Gasteiger partial charge in [-0.05, 0) is 35.2 Å². The van der Waals surface area contributed by atoms with Crippen LogP contribution in [-0.2, 0) is 22.3 Å². The molecule has 2 aromatic carbocycles. The van der Waals surface area contributed by atoms with Crippen LogP contribution in [0.2, 0.25) is 0 Å². The van der Waals surface area contributed by atoms with E-state index in [9.17, 15) is 22.8 Å². The highest BCUT2D eigenvalue weighted by Gasteiger charge is 2.30. The zero-order chi connectivity index (χ0) is 19.3. The number of carbonyl (C=O) groups excluding carboxylic acids is 2. The molecular weight excluding hydrogens is 345 g/mol. The predicted molar refractivity (Wildman–Crippen MR) is 92.5 cm³/mol. The van der Waals surface area contributed by atoms with Crippen LogP contribution in [-0.4, -0.2) is 11.8 Å². The van der Waals surface area contributed by atoms with Gasteiger partial charge < -0.3 is 10.6 Å². The van der Waals surface area contributed by atoms with Crippen molar-refractivity contribution in [3.05, 3.63) is 65.2 Å². The molecule has 0 unspecified atom stereocenters. The average Bonchev–Trinajstić information content (AvgIpc) is 2.59. The Morgan fingerprint density at radius 1 is 1.00 bits per heavy atom. The van der Waals surface area contributed by atoms with Gasteiger partial charge in [0.15, 0.2) is 0 Å². The molecule has 0 aliphatic carbocycles. The third-order valence-electron chi connectivity index (χ3n) is 3.75. The van der Waals surface area contributed by atoms with Gasteiger partial charge in [0.2, 0.25) is 0 Å². The molecule has 138 valence electrons. The minimum atomic E-state index is -4.52. The molecule has 0 atom stereocenters. The van der Waals surface area contributed by atoms with Crippen molar-refractivity contribution in [2.45, 2.75) is 32.5 Å². The lowest BCUT2D eigenvalue weighted by Gasteiger charge is -2.10. The molecule has 0 bridgehead atoms. The molecule has 4 nitrogen and oxygen atoms in total. The molecular formula is C19H19F3N2O2. The maximum atomic E-state index is 12.7. The van der Waals surface area contributed by atoms with Gasteiger partial charge in [-0.2, -0.15) is 13.2 Å². The van der Waals surface area contributed by atoms with Crippen molar-refractivity contribution in [1.82, 2.24) is 5.32 Å². The van der Waals surface area contributed by atoms with E-state index in [4.69, 9.17) is 0 Å². The zero-order valence-corrected chi connectivity index (χ0v) is 14.4. The van der Waals surface area contributed by atoms with Crippen molar-refractivity contribution in [1.29, 1.82) is 0 Å². The molecule has 0 aliphatic heterocycles. The number of benzene rings is 2. The van der Waals surface area contributed by atoms with E-state index in [-0.39, 0.29) is 12.2 Å². The maximum Gasteiger partial charge on any atom is 0.416 e. The maximum absolute atomic E-state index is 12.7. The molecule has 0 heterocycles. The van der Waals surface area contributed by atoms with E-state index < -0.39 is 23.6 Å². The summed E-state index contributed by atoms with van der Waals surface area (Å²) in [6.07, 6.45) is -4.52. The summed E-state index contributed by atoms with van der Waals surface area (Å²) in [5.74, 6) is -1.56. The molecule has 0 saturated carbocycles. The quantitative estimate of drug-likeness (QED) is 0.803. The Morgan fingerprint density at radius 3 is 2.23 bits per heavy atom. The van der Waals surface area contributed by atoms with E-state index >= 15 is 0 Å². The molecule has 2 amide bonds. The molecule has 0 fully saturated rings. The minimum Gasteiger partial charge on any atom is -0.344 e. The summed E-state index contributed by atoms with van der Waals surface area (Å²) in [5.41, 5.74) is 0.971. The topological polar surface area (TPSA) is 58.2 Å². The molecule has 0 aliphatic rings. The third-order valence-corrected chi connectivity index (χ3v) is 3.75. The van der Waals surface area contributed by atoms with Crippen LogP contribution in [0.5, 0.6) is 0 Å². The van der Waals surface area contributed by atoms with Crippen LogP contribution in [0.15, 0.2) is 48.5 Å². The van der Waals surface area contributed by atoms with Crippen LogP contribution >= 0.6 is 0 Å². The van der Waals surface area contributed by atoms with E-state index in [1.807, 2.05) is 24.3 Å². The van der Waals surface area contributed by atoms with E-state index in [1.165, 1.54) is 6.07 Å². The smallest absolute Gasteiger partial charge is 0.344 e. The highest BCUT2D eigenvalue weighted by molar-refractivity contribution is 6.39. The largest absolute Gasteiger partial charge is 0.416 e. The Balaban J connectivity index is 1.92. The number of amides is 2. The summed E-state index contributed by atoms with van der Waals surface area (Å²) in [4.78, 5) is 23.7. The summed E-state index contributed by atoms with van der Waals surface area (Å²) < 4.78 is 38.0. The second-order valence-corrected chi connectivity index (χ2v) is 6.11. The molecule has 0 saturated heterocycles. The van der Waals surface area contributed by atoms with Gasteiger partial charge in [0, 0.05) is 12.2 Å². The summed E-state index contributed by atoms with van der Waals surface area (Å²) in [5, 5.41) is 4.60. The van der Waals surface area contributed by atoms with E-state index in [2.05, 4.69) is 24.5 Å². The molecule has 26 heavy (non-hydrogen) atoms. The van der Waals surface area contributed by atoms with Gasteiger partial charge in [-0.25, -0.2) is 0 Å². The fourth-order valence-electron chi connectivity index (χ4n) is 2.24. The number of rotatable bonds is 4. The Labute approximate surface area is 149 Å². The monoisotopic (exact) mass is 364 g/mol. The van der Waals surface area contributed by atoms with Gasteiger partial charge in [0.1, 0.15) is 0 Å². The summed E-state index contributed by atoms with van der Waals surface area (Å²) in [7, 11) is 0. The predicted octanol–water partition coefficient (Wildman–Crippen LogP) is 4.08. The molecule has 2 aromatic rings. The normalized spacial score (nSPS) is 11.3. The van der Waals surface area contributed by atoms with Crippen molar-refractivity contribution in [2.24, 2.45) is 0 Å². The number of anilines is 1. The van der Waals surface area contributed by atoms with Gasteiger partial charge in [-0.15, -0.1) is 0 Å². The zero-order valence-electron chi connectivity index (χ0n) is 14.4. The van der Waals surface area contributed by atoms with Crippen molar-refractivity contribution < 1.29 is 22.8 Å². The number of halogens is 3. The van der Waals surface area contributed by atoms with Crippen LogP contribution in [0, 0.1) is 0 Å². The lowest BCUT2D eigenvalue weighted by Crippen LogP contribution is -2.35.